The Morgan fingerprint density at radius 1 is 0.364 bits per heavy atom. The third-order valence-corrected chi connectivity index (χ3v) is 15.6. The van der Waals surface area contributed by atoms with E-state index in [1.54, 1.807) is 0 Å². The molecule has 1 aliphatic rings. The number of nitrogens with zero attached hydrogens (tertiary/aromatic N) is 3. The maximum absolute atomic E-state index is 16.5. The average Bonchev–Trinajstić information content (AvgIpc) is 3.91. The quantitative estimate of drug-likeness (QED) is 0.135. The van der Waals surface area contributed by atoms with Crippen LogP contribution in [-0.4, -0.2) is 0 Å². The Bertz CT molecular complexity index is 3540. The first-order valence-electron chi connectivity index (χ1n) is 22.2. The predicted molar refractivity (Wildman–Crippen MR) is 276 cm³/mol. The van der Waals surface area contributed by atoms with Gasteiger partial charge in [0.2, 0.25) is 0 Å². The van der Waals surface area contributed by atoms with Crippen molar-refractivity contribution in [2.75, 3.05) is 14.2 Å². The summed E-state index contributed by atoms with van der Waals surface area (Å²) < 4.78 is 27.3. The lowest BCUT2D eigenvalue weighted by Gasteiger charge is -2.33. The Balaban J connectivity index is 0.975. The van der Waals surface area contributed by atoms with Crippen LogP contribution in [0.3, 0.4) is 0 Å². The lowest BCUT2D eigenvalue weighted by atomic mass is 10.0. The maximum atomic E-state index is 16.5. The van der Waals surface area contributed by atoms with E-state index in [1.807, 2.05) is 109 Å². The van der Waals surface area contributed by atoms with Gasteiger partial charge in [0.25, 0.3) is 0 Å². The summed E-state index contributed by atoms with van der Waals surface area (Å²) in [6.45, 7) is 0. The molecule has 0 saturated heterocycles. The van der Waals surface area contributed by atoms with Gasteiger partial charge in [-0.05, 0) is 118 Å². The van der Waals surface area contributed by atoms with Crippen LogP contribution >= 0.6 is 7.44 Å². The fourth-order valence-corrected chi connectivity index (χ4v) is 12.4. The molecule has 1 aliphatic heterocycles. The molecule has 1 aromatic heterocycles. The van der Waals surface area contributed by atoms with Crippen molar-refractivity contribution < 1.29 is 8.98 Å². The van der Waals surface area contributed by atoms with E-state index in [4.69, 9.17) is 4.42 Å². The van der Waals surface area contributed by atoms with Gasteiger partial charge < -0.3 is 9.32 Å². The zero-order chi connectivity index (χ0) is 44.0. The summed E-state index contributed by atoms with van der Waals surface area (Å²) >= 11 is 0. The standard InChI is InChI=1S/C60H42N3O2P/c64-66(53-39-32-46(33-40-53)44-18-7-2-8-19-44)62(51-20-9-3-10-21-51)56-41-34-48(42-58(56)63(66)52-22-11-4-12-23-52)47-30-37-50(38-31-47)61(49-35-28-45(29-36-49)43-16-5-1-6-17-43)57-26-15-25-55-54-24-13-14-27-59(54)65-60(55)57/h1-42H. The first kappa shape index (κ1) is 39.2. The van der Waals surface area contributed by atoms with E-state index < -0.39 is 7.44 Å². The number of rotatable bonds is 9. The highest BCUT2D eigenvalue weighted by atomic mass is 31.2. The van der Waals surface area contributed by atoms with Gasteiger partial charge in [-0.2, -0.15) is 0 Å². The summed E-state index contributed by atoms with van der Waals surface area (Å²) in [7, 11) is -3.58. The summed E-state index contributed by atoms with van der Waals surface area (Å²) in [5.74, 6) is 0. The molecule has 0 aliphatic carbocycles. The van der Waals surface area contributed by atoms with E-state index in [9.17, 15) is 0 Å². The Morgan fingerprint density at radius 2 is 0.803 bits per heavy atom. The largest absolute Gasteiger partial charge is 0.454 e. The molecule has 2 heterocycles. The number of para-hydroxylation sites is 4. The molecule has 0 fully saturated rings. The molecule has 0 N–H and O–H groups in total. The molecule has 0 radical (unpaired) electrons. The van der Waals surface area contributed by atoms with Gasteiger partial charge in [0.05, 0.1) is 22.4 Å². The van der Waals surface area contributed by atoms with E-state index in [0.29, 0.717) is 0 Å². The topological polar surface area (TPSA) is 39.9 Å². The lowest BCUT2D eigenvalue weighted by molar-refractivity contribution is 0.582. The summed E-state index contributed by atoms with van der Waals surface area (Å²) in [6, 6.07) is 87.8. The minimum atomic E-state index is -3.58. The number of hydrogen-bond donors (Lipinski definition) is 0. The molecule has 0 bridgehead atoms. The molecule has 66 heavy (non-hydrogen) atoms. The van der Waals surface area contributed by atoms with Crippen molar-refractivity contribution in [3.63, 3.8) is 0 Å². The fraction of sp³-hybridized carbons (Fsp3) is 0. The normalized spacial score (nSPS) is 14.4. The smallest absolute Gasteiger partial charge is 0.301 e. The Hall–Kier alpha value is -8.37. The monoisotopic (exact) mass is 867 g/mol. The second-order valence-electron chi connectivity index (χ2n) is 16.5. The number of benzene rings is 10. The molecule has 0 saturated carbocycles. The summed E-state index contributed by atoms with van der Waals surface area (Å²) in [4.78, 5) is 2.28. The van der Waals surface area contributed by atoms with Crippen molar-refractivity contribution >= 4 is 74.5 Å². The second kappa shape index (κ2) is 16.3. The molecule has 11 aromatic rings. The van der Waals surface area contributed by atoms with Gasteiger partial charge in [-0.15, -0.1) is 0 Å². The molecule has 1 atom stereocenters. The summed E-state index contributed by atoms with van der Waals surface area (Å²) in [5, 5.41) is 2.90. The molecule has 12 rings (SSSR count). The highest BCUT2D eigenvalue weighted by Crippen LogP contribution is 2.70. The van der Waals surface area contributed by atoms with Gasteiger partial charge in [-0.3, -0.25) is 13.9 Å². The molecule has 5 nitrogen and oxygen atoms in total. The molecule has 6 heteroatoms. The third kappa shape index (κ3) is 6.68. The van der Waals surface area contributed by atoms with Crippen LogP contribution in [0.2, 0.25) is 0 Å². The molecule has 10 aromatic carbocycles. The highest BCUT2D eigenvalue weighted by molar-refractivity contribution is 7.76. The van der Waals surface area contributed by atoms with Crippen LogP contribution in [0, 0.1) is 0 Å². The first-order valence-corrected chi connectivity index (χ1v) is 23.8. The van der Waals surface area contributed by atoms with Gasteiger partial charge in [-0.25, -0.2) is 0 Å². The number of furan rings is 1. The third-order valence-electron chi connectivity index (χ3n) is 12.6. The molecule has 1 unspecified atom stereocenters. The minimum absolute atomic E-state index is 0.744. The first-order chi connectivity index (χ1) is 32.6. The van der Waals surface area contributed by atoms with E-state index in [2.05, 4.69) is 160 Å². The van der Waals surface area contributed by atoms with Crippen molar-refractivity contribution in [2.24, 2.45) is 0 Å². The number of anilines is 7. The van der Waals surface area contributed by atoms with Crippen LogP contribution < -0.4 is 19.5 Å². The Morgan fingerprint density at radius 3 is 1.38 bits per heavy atom. The molecule has 0 spiro atoms. The zero-order valence-corrected chi connectivity index (χ0v) is 36.7. The lowest BCUT2D eigenvalue weighted by Crippen LogP contribution is -2.26. The van der Waals surface area contributed by atoms with Gasteiger partial charge >= 0.3 is 7.44 Å². The van der Waals surface area contributed by atoms with E-state index in [0.717, 1.165) is 94.9 Å². The van der Waals surface area contributed by atoms with Crippen LogP contribution in [-0.2, 0) is 4.57 Å². The van der Waals surface area contributed by atoms with Crippen LogP contribution in [0.25, 0.3) is 55.3 Å². The van der Waals surface area contributed by atoms with E-state index in [-0.39, 0.29) is 0 Å². The number of hydrogen-bond acceptors (Lipinski definition) is 3. The van der Waals surface area contributed by atoms with Crippen LogP contribution in [0.5, 0.6) is 0 Å². The highest BCUT2D eigenvalue weighted by Gasteiger charge is 2.49. The van der Waals surface area contributed by atoms with Crippen molar-refractivity contribution in [3.8, 4) is 33.4 Å². The molecular formula is C60H42N3O2P. The van der Waals surface area contributed by atoms with Crippen LogP contribution in [0.1, 0.15) is 0 Å². The average molecular weight is 868 g/mol. The van der Waals surface area contributed by atoms with Crippen LogP contribution in [0.4, 0.5) is 39.8 Å². The minimum Gasteiger partial charge on any atom is -0.454 e. The van der Waals surface area contributed by atoms with Crippen molar-refractivity contribution in [1.29, 1.82) is 0 Å². The summed E-state index contributed by atoms with van der Waals surface area (Å²) in [6.07, 6.45) is 0. The Kier molecular flexibility index (Phi) is 9.70. The van der Waals surface area contributed by atoms with Crippen molar-refractivity contribution in [2.45, 2.75) is 0 Å². The second-order valence-corrected chi connectivity index (χ2v) is 18.9. The van der Waals surface area contributed by atoms with Gasteiger partial charge in [0.15, 0.2) is 5.58 Å². The van der Waals surface area contributed by atoms with E-state index >= 15 is 4.57 Å². The SMILES string of the molecule is O=P1(c2ccc(-c3ccccc3)cc2)N(c2ccccc2)c2ccc(-c3ccc(N(c4ccc(-c5ccccc5)cc4)c4cccc5c4oc4ccccc45)cc3)cc2N1c1ccccc1. The Labute approximate surface area is 384 Å². The van der Waals surface area contributed by atoms with E-state index in [1.165, 1.54) is 5.56 Å². The predicted octanol–water partition coefficient (Wildman–Crippen LogP) is 16.9. The van der Waals surface area contributed by atoms with Crippen molar-refractivity contribution in [3.05, 3.63) is 255 Å². The van der Waals surface area contributed by atoms with Gasteiger partial charge in [0.1, 0.15) is 5.58 Å². The number of fused-ring (bicyclic) bond motifs is 4. The van der Waals surface area contributed by atoms with Gasteiger partial charge in [-0.1, -0.05) is 170 Å². The van der Waals surface area contributed by atoms with Gasteiger partial charge in [0, 0.05) is 33.5 Å². The summed E-state index contributed by atoms with van der Waals surface area (Å²) in [5.41, 5.74) is 14.7. The molecule has 314 valence electrons. The fourth-order valence-electron chi connectivity index (χ4n) is 9.44. The molecular weight excluding hydrogens is 826 g/mol. The zero-order valence-electron chi connectivity index (χ0n) is 35.9. The maximum Gasteiger partial charge on any atom is 0.301 e. The molecule has 0 amide bonds. The van der Waals surface area contributed by atoms with Crippen LogP contribution in [0.15, 0.2) is 259 Å². The van der Waals surface area contributed by atoms with Crippen molar-refractivity contribution in [1.82, 2.24) is 0 Å².